The molecule has 10 nitrogen and oxygen atoms in total. The summed E-state index contributed by atoms with van der Waals surface area (Å²) in [6.45, 7) is 8.75. The first-order valence-electron chi connectivity index (χ1n) is 12.0. The number of aliphatic carboxylic acids is 3. The van der Waals surface area contributed by atoms with E-state index in [0.717, 1.165) is 0 Å². The Labute approximate surface area is 210 Å². The molecule has 10 heteroatoms. The maximum Gasteiger partial charge on any atom is 0.326 e. The lowest BCUT2D eigenvalue weighted by atomic mass is 9.65. The smallest absolute Gasteiger partial charge is 0.326 e. The van der Waals surface area contributed by atoms with Crippen LogP contribution in [0.5, 0.6) is 0 Å². The number of hydrogen-bond acceptors (Lipinski definition) is 5. The topological polar surface area (TPSA) is 170 Å². The highest BCUT2D eigenvalue weighted by atomic mass is 16.4. The Morgan fingerprint density at radius 2 is 1.47 bits per heavy atom. The van der Waals surface area contributed by atoms with Crippen LogP contribution in [0.4, 0.5) is 0 Å². The average molecular weight is 505 g/mol. The molecule has 1 aromatic carbocycles. The van der Waals surface area contributed by atoms with E-state index in [1.807, 2.05) is 13.8 Å². The predicted molar refractivity (Wildman–Crippen MR) is 130 cm³/mol. The van der Waals surface area contributed by atoms with E-state index >= 15 is 0 Å². The third-order valence-electron chi connectivity index (χ3n) is 7.60. The largest absolute Gasteiger partial charge is 0.481 e. The molecule has 0 spiro atoms. The third kappa shape index (κ3) is 6.22. The van der Waals surface area contributed by atoms with Crippen LogP contribution >= 0.6 is 0 Å². The zero-order valence-electron chi connectivity index (χ0n) is 21.3. The first kappa shape index (κ1) is 28.8. The van der Waals surface area contributed by atoms with E-state index in [0.29, 0.717) is 18.4 Å². The number of amides is 2. The fraction of sp³-hybridized carbons (Fsp3) is 0.577. The van der Waals surface area contributed by atoms with E-state index in [1.54, 1.807) is 32.9 Å². The van der Waals surface area contributed by atoms with Crippen molar-refractivity contribution in [2.75, 3.05) is 0 Å². The van der Waals surface area contributed by atoms with Crippen molar-refractivity contribution in [2.24, 2.45) is 22.7 Å². The summed E-state index contributed by atoms with van der Waals surface area (Å²) in [5.41, 5.74) is -1.19. The van der Waals surface area contributed by atoms with Crippen molar-refractivity contribution in [3.63, 3.8) is 0 Å². The monoisotopic (exact) mass is 504 g/mol. The van der Waals surface area contributed by atoms with Crippen molar-refractivity contribution in [1.29, 1.82) is 0 Å². The highest BCUT2D eigenvalue weighted by Crippen LogP contribution is 2.56. The van der Waals surface area contributed by atoms with Gasteiger partial charge < -0.3 is 26.0 Å². The minimum absolute atomic E-state index is 0.0442. The van der Waals surface area contributed by atoms with Crippen LogP contribution in [0.3, 0.4) is 0 Å². The summed E-state index contributed by atoms with van der Waals surface area (Å²) in [6.07, 6.45) is 0.889. The Hall–Kier alpha value is -3.43. The molecule has 0 heterocycles. The molecular weight excluding hydrogens is 468 g/mol. The zero-order valence-corrected chi connectivity index (χ0v) is 21.3. The van der Waals surface area contributed by atoms with Crippen LogP contribution in [-0.4, -0.2) is 57.1 Å². The summed E-state index contributed by atoms with van der Waals surface area (Å²) in [5, 5.41) is 33.7. The average Bonchev–Trinajstić information content (AvgIpc) is 3.02. The van der Waals surface area contributed by atoms with Crippen molar-refractivity contribution in [3.8, 4) is 0 Å². The molecule has 0 radical (unpaired) electrons. The molecule has 1 fully saturated rings. The Morgan fingerprint density at radius 1 is 0.917 bits per heavy atom. The van der Waals surface area contributed by atoms with Gasteiger partial charge in [-0.2, -0.15) is 0 Å². The Kier molecular flexibility index (Phi) is 8.88. The van der Waals surface area contributed by atoms with Crippen LogP contribution in [0.15, 0.2) is 24.3 Å². The molecular formula is C26H36N2O8. The molecule has 2 amide bonds. The molecule has 2 rings (SSSR count). The maximum absolute atomic E-state index is 13.0. The molecule has 0 aromatic heterocycles. The van der Waals surface area contributed by atoms with E-state index in [4.69, 9.17) is 0 Å². The second kappa shape index (κ2) is 11.1. The van der Waals surface area contributed by atoms with Crippen molar-refractivity contribution < 1.29 is 39.3 Å². The second-order valence-corrected chi connectivity index (χ2v) is 10.7. The van der Waals surface area contributed by atoms with Gasteiger partial charge in [-0.25, -0.2) is 9.59 Å². The van der Waals surface area contributed by atoms with Crippen molar-refractivity contribution >= 4 is 29.7 Å². The number of carbonyl (C=O) groups is 5. The number of rotatable bonds is 11. The Morgan fingerprint density at radius 3 is 1.92 bits per heavy atom. The lowest BCUT2D eigenvalue weighted by Crippen LogP contribution is -2.49. The normalized spacial score (nSPS) is 22.4. The number of carboxylic acids is 3. The van der Waals surface area contributed by atoms with E-state index < -0.39 is 58.6 Å². The highest BCUT2D eigenvalue weighted by molar-refractivity contribution is 5.96. The molecule has 0 aliphatic heterocycles. The zero-order chi connectivity index (χ0) is 27.4. The summed E-state index contributed by atoms with van der Waals surface area (Å²) in [7, 11) is 0. The molecule has 0 saturated heterocycles. The van der Waals surface area contributed by atoms with Crippen LogP contribution in [0.25, 0.3) is 0 Å². The summed E-state index contributed by atoms with van der Waals surface area (Å²) < 4.78 is 0. The summed E-state index contributed by atoms with van der Waals surface area (Å²) in [4.78, 5) is 60.5. The van der Waals surface area contributed by atoms with Crippen molar-refractivity contribution in [2.45, 2.75) is 72.4 Å². The minimum Gasteiger partial charge on any atom is -0.481 e. The number of carboxylic acid groups (broad SMARTS) is 3. The van der Waals surface area contributed by atoms with Crippen LogP contribution < -0.4 is 10.6 Å². The standard InChI is InChI=1S/C26H36N2O8/c1-14(2)12-18(22(31)32)27-20(29)16-8-6-15(7-9-16)13-19(23(33)34)28-21(30)17-10-11-26(5,24(35)36)25(17,3)4/h6-9,14,17-19H,10-13H2,1-5H3,(H,27,29)(H,28,30)(H,31,32)(H,33,34)(H,35,36)/t17-,18+,19?,26+/m1/s1. The maximum atomic E-state index is 13.0. The van der Waals surface area contributed by atoms with Gasteiger partial charge in [0.05, 0.1) is 5.41 Å². The van der Waals surface area contributed by atoms with Crippen molar-refractivity contribution in [3.05, 3.63) is 35.4 Å². The first-order valence-corrected chi connectivity index (χ1v) is 12.0. The van der Waals surface area contributed by atoms with Crippen LogP contribution in [-0.2, 0) is 25.6 Å². The van der Waals surface area contributed by atoms with Gasteiger partial charge in [-0.1, -0.05) is 39.8 Å². The first-order chi connectivity index (χ1) is 16.6. The summed E-state index contributed by atoms with van der Waals surface area (Å²) in [5.74, 6) is -4.98. The van der Waals surface area contributed by atoms with E-state index in [9.17, 15) is 39.3 Å². The van der Waals surface area contributed by atoms with Gasteiger partial charge >= 0.3 is 17.9 Å². The fourth-order valence-electron chi connectivity index (χ4n) is 4.78. The van der Waals surface area contributed by atoms with Gasteiger partial charge in [0, 0.05) is 17.9 Å². The van der Waals surface area contributed by atoms with Gasteiger partial charge in [0.15, 0.2) is 0 Å². The van der Waals surface area contributed by atoms with Crippen LogP contribution in [0, 0.1) is 22.7 Å². The molecule has 198 valence electrons. The molecule has 5 N–H and O–H groups in total. The van der Waals surface area contributed by atoms with Gasteiger partial charge in [-0.3, -0.25) is 14.4 Å². The number of benzene rings is 1. The molecule has 1 aliphatic rings. The van der Waals surface area contributed by atoms with Gasteiger partial charge in [-0.05, 0) is 55.2 Å². The van der Waals surface area contributed by atoms with Crippen molar-refractivity contribution in [1.82, 2.24) is 10.6 Å². The van der Waals surface area contributed by atoms with E-state index in [-0.39, 0.29) is 24.3 Å². The fourth-order valence-corrected chi connectivity index (χ4v) is 4.78. The highest BCUT2D eigenvalue weighted by Gasteiger charge is 2.58. The van der Waals surface area contributed by atoms with Gasteiger partial charge in [0.1, 0.15) is 12.1 Å². The molecule has 1 aliphatic carbocycles. The van der Waals surface area contributed by atoms with Crippen LogP contribution in [0.1, 0.15) is 69.8 Å². The number of nitrogens with one attached hydrogen (secondary N) is 2. The number of carbonyl (C=O) groups excluding carboxylic acids is 2. The van der Waals surface area contributed by atoms with E-state index in [1.165, 1.54) is 12.1 Å². The Balaban J connectivity index is 2.08. The second-order valence-electron chi connectivity index (χ2n) is 10.7. The Bertz CT molecular complexity index is 1020. The molecule has 36 heavy (non-hydrogen) atoms. The summed E-state index contributed by atoms with van der Waals surface area (Å²) >= 11 is 0. The van der Waals surface area contributed by atoms with Crippen LogP contribution in [0.2, 0.25) is 0 Å². The lowest BCUT2D eigenvalue weighted by molar-refractivity contribution is -0.155. The SMILES string of the molecule is CC(C)C[C@H](NC(=O)c1ccc(CC(NC(=O)[C@H]2CC[C@@](C)(C(=O)O)C2(C)C)C(=O)O)cc1)C(=O)O. The lowest BCUT2D eigenvalue weighted by Gasteiger charge is -2.38. The van der Waals surface area contributed by atoms with E-state index in [2.05, 4.69) is 10.6 Å². The quantitative estimate of drug-likeness (QED) is 0.306. The predicted octanol–water partition coefficient (Wildman–Crippen LogP) is 2.55. The van der Waals surface area contributed by atoms with Gasteiger partial charge in [-0.15, -0.1) is 0 Å². The molecule has 0 bridgehead atoms. The molecule has 1 saturated carbocycles. The summed E-state index contributed by atoms with van der Waals surface area (Å²) in [6, 6.07) is 3.78. The van der Waals surface area contributed by atoms with Gasteiger partial charge in [0.25, 0.3) is 5.91 Å². The number of hydrogen-bond donors (Lipinski definition) is 5. The minimum atomic E-state index is -1.24. The molecule has 1 unspecified atom stereocenters. The molecule has 4 atom stereocenters. The van der Waals surface area contributed by atoms with Gasteiger partial charge in [0.2, 0.25) is 5.91 Å². The molecule has 1 aromatic rings. The third-order valence-corrected chi connectivity index (χ3v) is 7.60.